The number of hydrogen-bond acceptors (Lipinski definition) is 4. The van der Waals surface area contributed by atoms with Crippen LogP contribution in [-0.2, 0) is 4.18 Å². The zero-order valence-electron chi connectivity index (χ0n) is 10.5. The maximum atomic E-state index is 12.4. The lowest BCUT2D eigenvalue weighted by atomic mass is 10.2. The Labute approximate surface area is 127 Å². The molecule has 0 heterocycles. The third-order valence-electron chi connectivity index (χ3n) is 2.29. The van der Waals surface area contributed by atoms with Gasteiger partial charge in [-0.05, 0) is 36.0 Å². The second kappa shape index (κ2) is 6.91. The van der Waals surface area contributed by atoms with Crippen LogP contribution in [0.3, 0.4) is 0 Å². The van der Waals surface area contributed by atoms with Gasteiger partial charge in [0.25, 0.3) is 0 Å². The molecule has 7 heteroatoms. The van der Waals surface area contributed by atoms with Gasteiger partial charge in [-0.25, -0.2) is 4.79 Å². The SMILES string of the molecule is O=C(OSc1ccccc1)c1ccccc1SC(F)(F)F. The molecule has 2 aromatic rings. The van der Waals surface area contributed by atoms with Gasteiger partial charge in [0.1, 0.15) is 0 Å². The monoisotopic (exact) mass is 330 g/mol. The molecule has 0 fully saturated rings. The van der Waals surface area contributed by atoms with Crippen molar-refractivity contribution in [1.82, 2.24) is 0 Å². The molecule has 0 N–H and O–H groups in total. The minimum atomic E-state index is -4.46. The third kappa shape index (κ3) is 5.02. The van der Waals surface area contributed by atoms with Gasteiger partial charge in [-0.15, -0.1) is 0 Å². The standard InChI is InChI=1S/C14H9F3O2S2/c15-14(16,17)20-12-9-5-4-8-11(12)13(18)19-21-10-6-2-1-3-7-10/h1-9H. The van der Waals surface area contributed by atoms with Crippen molar-refractivity contribution in [3.8, 4) is 0 Å². The zero-order chi connectivity index (χ0) is 15.3. The van der Waals surface area contributed by atoms with Gasteiger partial charge in [0.2, 0.25) is 0 Å². The van der Waals surface area contributed by atoms with E-state index in [1.54, 1.807) is 30.3 Å². The summed E-state index contributed by atoms with van der Waals surface area (Å²) in [5.74, 6) is -0.809. The molecule has 0 radical (unpaired) electrons. The van der Waals surface area contributed by atoms with E-state index >= 15 is 0 Å². The number of carbonyl (C=O) groups is 1. The van der Waals surface area contributed by atoms with Crippen molar-refractivity contribution in [3.05, 3.63) is 60.2 Å². The maximum absolute atomic E-state index is 12.4. The second-order valence-electron chi connectivity index (χ2n) is 3.81. The van der Waals surface area contributed by atoms with Crippen molar-refractivity contribution in [2.24, 2.45) is 0 Å². The van der Waals surface area contributed by atoms with Gasteiger partial charge in [0.15, 0.2) is 0 Å². The molecule has 2 aromatic carbocycles. The van der Waals surface area contributed by atoms with Crippen LogP contribution in [0.5, 0.6) is 0 Å². The highest BCUT2D eigenvalue weighted by Gasteiger charge is 2.31. The van der Waals surface area contributed by atoms with E-state index in [2.05, 4.69) is 0 Å². The number of halogens is 3. The summed E-state index contributed by atoms with van der Waals surface area (Å²) in [4.78, 5) is 12.4. The topological polar surface area (TPSA) is 26.3 Å². The Kier molecular flexibility index (Phi) is 5.19. The fraction of sp³-hybridized carbons (Fsp3) is 0.0714. The first-order chi connectivity index (χ1) is 9.96. The van der Waals surface area contributed by atoms with Crippen LogP contribution in [-0.4, -0.2) is 11.5 Å². The number of hydrogen-bond donors (Lipinski definition) is 0. The molecule has 0 saturated carbocycles. The molecule has 0 saturated heterocycles. The van der Waals surface area contributed by atoms with Crippen LogP contribution in [0.4, 0.5) is 13.2 Å². The Hall–Kier alpha value is -1.60. The van der Waals surface area contributed by atoms with E-state index in [9.17, 15) is 18.0 Å². The highest BCUT2D eigenvalue weighted by Crippen LogP contribution is 2.39. The highest BCUT2D eigenvalue weighted by atomic mass is 32.2. The Morgan fingerprint density at radius 1 is 0.952 bits per heavy atom. The summed E-state index contributed by atoms with van der Waals surface area (Å²) in [6, 6.07) is 14.3. The van der Waals surface area contributed by atoms with E-state index in [1.165, 1.54) is 24.3 Å². The van der Waals surface area contributed by atoms with E-state index in [0.717, 1.165) is 12.0 Å². The molecule has 0 aliphatic carbocycles. The van der Waals surface area contributed by atoms with Gasteiger partial charge in [0, 0.05) is 9.79 Å². The van der Waals surface area contributed by atoms with E-state index in [4.69, 9.17) is 4.18 Å². The summed E-state index contributed by atoms with van der Waals surface area (Å²) in [7, 11) is 0. The van der Waals surface area contributed by atoms with Gasteiger partial charge < -0.3 is 4.18 Å². The Bertz CT molecular complexity index is 615. The molecule has 0 bridgehead atoms. The number of benzene rings is 2. The van der Waals surface area contributed by atoms with Crippen molar-refractivity contribution in [2.75, 3.05) is 0 Å². The van der Waals surface area contributed by atoms with E-state index in [0.29, 0.717) is 4.90 Å². The first-order valence-corrected chi connectivity index (χ1v) is 7.30. The average molecular weight is 330 g/mol. The average Bonchev–Trinajstić information content (AvgIpc) is 2.45. The van der Waals surface area contributed by atoms with Crippen LogP contribution in [0.15, 0.2) is 64.4 Å². The highest BCUT2D eigenvalue weighted by molar-refractivity contribution is 8.00. The maximum Gasteiger partial charge on any atom is 0.446 e. The van der Waals surface area contributed by atoms with Crippen molar-refractivity contribution in [1.29, 1.82) is 0 Å². The quantitative estimate of drug-likeness (QED) is 0.571. The smallest absolute Gasteiger partial charge is 0.382 e. The first kappa shape index (κ1) is 15.8. The molecule has 0 spiro atoms. The lowest BCUT2D eigenvalue weighted by Crippen LogP contribution is -2.06. The molecule has 2 rings (SSSR count). The fourth-order valence-corrected chi connectivity index (χ4v) is 2.64. The summed E-state index contributed by atoms with van der Waals surface area (Å²) < 4.78 is 42.3. The van der Waals surface area contributed by atoms with Gasteiger partial charge in [-0.3, -0.25) is 0 Å². The number of thioether (sulfide) groups is 1. The van der Waals surface area contributed by atoms with Crippen molar-refractivity contribution < 1.29 is 22.1 Å². The fourth-order valence-electron chi connectivity index (χ4n) is 1.46. The predicted molar refractivity (Wildman–Crippen MR) is 76.1 cm³/mol. The number of alkyl halides is 3. The van der Waals surface area contributed by atoms with E-state index in [-0.39, 0.29) is 22.2 Å². The van der Waals surface area contributed by atoms with Crippen LogP contribution < -0.4 is 0 Å². The van der Waals surface area contributed by atoms with Gasteiger partial charge >= 0.3 is 11.5 Å². The molecule has 0 atom stereocenters. The van der Waals surface area contributed by atoms with E-state index in [1.807, 2.05) is 0 Å². The molecule has 0 aromatic heterocycles. The summed E-state index contributed by atoms with van der Waals surface area (Å²) in [5.41, 5.74) is -4.56. The zero-order valence-corrected chi connectivity index (χ0v) is 12.1. The van der Waals surface area contributed by atoms with Crippen LogP contribution in [0.2, 0.25) is 0 Å². The Balaban J connectivity index is 2.09. The molecule has 0 aliphatic rings. The normalized spacial score (nSPS) is 11.2. The van der Waals surface area contributed by atoms with Crippen molar-refractivity contribution in [3.63, 3.8) is 0 Å². The molecular formula is C14H9F3O2S2. The van der Waals surface area contributed by atoms with Gasteiger partial charge in [-0.2, -0.15) is 13.2 Å². The van der Waals surface area contributed by atoms with Crippen LogP contribution in [0.1, 0.15) is 10.4 Å². The summed E-state index contributed by atoms with van der Waals surface area (Å²) in [6.45, 7) is 0. The minimum absolute atomic E-state index is 0.108. The lowest BCUT2D eigenvalue weighted by molar-refractivity contribution is -0.0328. The number of carbonyl (C=O) groups excluding carboxylic acids is 1. The van der Waals surface area contributed by atoms with Crippen molar-refractivity contribution >= 4 is 29.8 Å². The first-order valence-electron chi connectivity index (χ1n) is 5.74. The Morgan fingerprint density at radius 2 is 1.57 bits per heavy atom. The molecule has 110 valence electrons. The summed E-state index contributed by atoms with van der Waals surface area (Å²) >= 11 is 0.477. The summed E-state index contributed by atoms with van der Waals surface area (Å²) in [6.07, 6.45) is 0. The third-order valence-corrected chi connectivity index (χ3v) is 3.80. The molecule has 0 amide bonds. The molecular weight excluding hydrogens is 321 g/mol. The molecule has 0 aliphatic heterocycles. The number of rotatable bonds is 4. The lowest BCUT2D eigenvalue weighted by Gasteiger charge is -2.09. The molecule has 2 nitrogen and oxygen atoms in total. The predicted octanol–water partition coefficient (Wildman–Crippen LogP) is 5.16. The van der Waals surface area contributed by atoms with Crippen molar-refractivity contribution in [2.45, 2.75) is 15.3 Å². The second-order valence-corrected chi connectivity index (χ2v) is 5.72. The van der Waals surface area contributed by atoms with Crippen LogP contribution in [0.25, 0.3) is 0 Å². The van der Waals surface area contributed by atoms with Gasteiger partial charge in [0.05, 0.1) is 17.6 Å². The molecule has 21 heavy (non-hydrogen) atoms. The van der Waals surface area contributed by atoms with Crippen LogP contribution in [0, 0.1) is 0 Å². The van der Waals surface area contributed by atoms with E-state index < -0.39 is 11.5 Å². The minimum Gasteiger partial charge on any atom is -0.382 e. The largest absolute Gasteiger partial charge is 0.446 e. The molecule has 0 unspecified atom stereocenters. The summed E-state index contributed by atoms with van der Waals surface area (Å²) in [5, 5.41) is 0. The van der Waals surface area contributed by atoms with Gasteiger partial charge in [-0.1, -0.05) is 30.3 Å². The van der Waals surface area contributed by atoms with Crippen LogP contribution >= 0.6 is 23.8 Å². The Morgan fingerprint density at radius 3 is 2.24 bits per heavy atom.